The summed E-state index contributed by atoms with van der Waals surface area (Å²) >= 11 is 6.38. The fourth-order valence-corrected chi connectivity index (χ4v) is 5.87. The second-order valence-corrected chi connectivity index (χ2v) is 11.3. The highest BCUT2D eigenvalue weighted by atomic mass is 35.5. The molecule has 0 aliphatic carbocycles. The van der Waals surface area contributed by atoms with Gasteiger partial charge in [-0.3, -0.25) is 9.80 Å². The van der Waals surface area contributed by atoms with Gasteiger partial charge in [-0.05, 0) is 64.7 Å². The molecule has 0 unspecified atom stereocenters. The van der Waals surface area contributed by atoms with E-state index in [2.05, 4.69) is 43.4 Å². The van der Waals surface area contributed by atoms with E-state index in [-0.39, 0.29) is 5.75 Å². The van der Waals surface area contributed by atoms with E-state index in [1.54, 1.807) is 12.1 Å². The Hall–Kier alpha value is -3.82. The van der Waals surface area contributed by atoms with Crippen LogP contribution in [0.25, 0.3) is 27.7 Å². The van der Waals surface area contributed by atoms with E-state index in [1.807, 2.05) is 48.7 Å². The van der Waals surface area contributed by atoms with Gasteiger partial charge < -0.3 is 15.0 Å². The first kappa shape index (κ1) is 29.3. The Bertz CT molecular complexity index is 1690. The molecular formula is C34H32ClF3N4O. The molecule has 9 heteroatoms. The Morgan fingerprint density at radius 1 is 0.767 bits per heavy atom. The zero-order chi connectivity index (χ0) is 30.0. The van der Waals surface area contributed by atoms with E-state index in [4.69, 9.17) is 17.3 Å². The fourth-order valence-electron chi connectivity index (χ4n) is 5.68. The zero-order valence-corrected chi connectivity index (χ0v) is 24.3. The second-order valence-electron chi connectivity index (χ2n) is 10.9. The molecule has 43 heavy (non-hydrogen) atoms. The van der Waals surface area contributed by atoms with Crippen LogP contribution in [0, 0.1) is 0 Å². The van der Waals surface area contributed by atoms with Gasteiger partial charge in [-0.2, -0.15) is 0 Å². The van der Waals surface area contributed by atoms with Crippen molar-refractivity contribution >= 4 is 22.5 Å². The average molecular weight is 605 g/mol. The summed E-state index contributed by atoms with van der Waals surface area (Å²) in [5.41, 5.74) is 12.9. The molecule has 0 atom stereocenters. The maximum Gasteiger partial charge on any atom is 0.573 e. The Morgan fingerprint density at radius 2 is 1.42 bits per heavy atom. The molecule has 5 nitrogen and oxygen atoms in total. The van der Waals surface area contributed by atoms with Gasteiger partial charge in [0.2, 0.25) is 0 Å². The number of hydrogen-bond donors (Lipinski definition) is 1. The first-order chi connectivity index (χ1) is 20.8. The maximum atomic E-state index is 12.7. The molecule has 4 aromatic carbocycles. The molecule has 222 valence electrons. The van der Waals surface area contributed by atoms with Gasteiger partial charge in [-0.15, -0.1) is 13.2 Å². The van der Waals surface area contributed by atoms with Gasteiger partial charge >= 0.3 is 6.36 Å². The second kappa shape index (κ2) is 12.4. The van der Waals surface area contributed by atoms with Crippen molar-refractivity contribution in [3.63, 3.8) is 0 Å². The number of nitrogens with zero attached hydrogens (tertiary/aromatic N) is 3. The van der Waals surface area contributed by atoms with Crippen LogP contribution in [-0.2, 0) is 19.6 Å². The highest BCUT2D eigenvalue weighted by molar-refractivity contribution is 6.31. The van der Waals surface area contributed by atoms with Crippen LogP contribution in [-0.4, -0.2) is 46.9 Å². The molecule has 0 spiro atoms. The molecule has 0 bridgehead atoms. The molecule has 2 N–H and O–H groups in total. The maximum absolute atomic E-state index is 12.7. The molecule has 6 rings (SSSR count). The summed E-state index contributed by atoms with van der Waals surface area (Å²) in [6, 6.07) is 28.6. The van der Waals surface area contributed by atoms with Crippen molar-refractivity contribution in [3.8, 4) is 22.6 Å². The van der Waals surface area contributed by atoms with Crippen molar-refractivity contribution in [2.75, 3.05) is 26.2 Å². The van der Waals surface area contributed by atoms with Gasteiger partial charge in [-0.1, -0.05) is 60.1 Å². The average Bonchev–Trinajstić information content (AvgIpc) is 3.38. The lowest BCUT2D eigenvalue weighted by molar-refractivity contribution is -0.274. The first-order valence-corrected chi connectivity index (χ1v) is 14.6. The number of fused-ring (bicyclic) bond motifs is 1. The first-order valence-electron chi connectivity index (χ1n) is 14.2. The molecule has 1 aliphatic rings. The normalized spacial score (nSPS) is 14.8. The molecule has 1 aliphatic heterocycles. The number of piperazine rings is 1. The largest absolute Gasteiger partial charge is 0.573 e. The number of ether oxygens (including phenoxy) is 1. The minimum atomic E-state index is -4.73. The van der Waals surface area contributed by atoms with Crippen LogP contribution in [0.3, 0.4) is 0 Å². The van der Waals surface area contributed by atoms with E-state index < -0.39 is 6.36 Å². The van der Waals surface area contributed by atoms with Crippen LogP contribution >= 0.6 is 11.6 Å². The predicted octanol–water partition coefficient (Wildman–Crippen LogP) is 7.63. The lowest BCUT2D eigenvalue weighted by Gasteiger charge is -2.35. The van der Waals surface area contributed by atoms with Crippen molar-refractivity contribution in [3.05, 3.63) is 119 Å². The minimum Gasteiger partial charge on any atom is -0.406 e. The summed E-state index contributed by atoms with van der Waals surface area (Å²) in [6.45, 7) is 5.93. The van der Waals surface area contributed by atoms with Crippen molar-refractivity contribution in [1.82, 2.24) is 14.4 Å². The number of aromatic nitrogens is 1. The number of benzene rings is 4. The molecule has 0 saturated carbocycles. The van der Waals surface area contributed by atoms with Crippen LogP contribution in [0.4, 0.5) is 13.2 Å². The van der Waals surface area contributed by atoms with E-state index in [0.717, 1.165) is 83.1 Å². The number of alkyl halides is 3. The summed E-state index contributed by atoms with van der Waals surface area (Å²) in [5.74, 6) is -0.244. The van der Waals surface area contributed by atoms with E-state index in [0.29, 0.717) is 6.54 Å². The summed E-state index contributed by atoms with van der Waals surface area (Å²) in [7, 11) is 0. The third-order valence-corrected chi connectivity index (χ3v) is 8.31. The van der Waals surface area contributed by atoms with Crippen molar-refractivity contribution in [2.24, 2.45) is 5.73 Å². The highest BCUT2D eigenvalue weighted by Crippen LogP contribution is 2.35. The monoisotopic (exact) mass is 604 g/mol. The molecule has 2 heterocycles. The molecule has 0 amide bonds. The van der Waals surface area contributed by atoms with Crippen LogP contribution in [0.5, 0.6) is 5.75 Å². The van der Waals surface area contributed by atoms with Gasteiger partial charge in [0.25, 0.3) is 0 Å². The number of halogens is 4. The van der Waals surface area contributed by atoms with E-state index in [1.165, 1.54) is 17.7 Å². The lowest BCUT2D eigenvalue weighted by atomic mass is 10.0. The molecule has 1 aromatic heterocycles. The standard InChI is InChI=1S/C34H32ClF3N4O/c35-32-4-2-1-3-27(32)22-41-17-15-40(16-18-41)21-25-7-14-33-30(19-25)31(23-42(33)28-10-5-24(20-39)6-11-28)26-8-12-29(13-9-26)43-34(36,37)38/h1-14,19,23H,15-18,20-22,39H2. The van der Waals surface area contributed by atoms with Crippen molar-refractivity contribution < 1.29 is 17.9 Å². The van der Waals surface area contributed by atoms with Gasteiger partial charge in [-0.25, -0.2) is 0 Å². The van der Waals surface area contributed by atoms with Gasteiger partial charge in [0.15, 0.2) is 0 Å². The van der Waals surface area contributed by atoms with Crippen molar-refractivity contribution in [2.45, 2.75) is 26.0 Å². The quantitative estimate of drug-likeness (QED) is 0.198. The van der Waals surface area contributed by atoms with Crippen LogP contribution in [0.1, 0.15) is 16.7 Å². The van der Waals surface area contributed by atoms with Gasteiger partial charge in [0.05, 0.1) is 5.52 Å². The molecular weight excluding hydrogens is 573 g/mol. The summed E-state index contributed by atoms with van der Waals surface area (Å²) < 4.78 is 44.4. The van der Waals surface area contributed by atoms with E-state index >= 15 is 0 Å². The zero-order valence-electron chi connectivity index (χ0n) is 23.5. The molecule has 1 fully saturated rings. The van der Waals surface area contributed by atoms with Crippen LogP contribution < -0.4 is 10.5 Å². The Kier molecular flexibility index (Phi) is 8.45. The SMILES string of the molecule is NCc1ccc(-n2cc(-c3ccc(OC(F)(F)F)cc3)c3cc(CN4CCN(Cc5ccccc5Cl)CC4)ccc32)cc1. The number of hydrogen-bond acceptors (Lipinski definition) is 4. The van der Waals surface area contributed by atoms with Gasteiger partial charge in [0, 0.05) is 73.7 Å². The molecule has 1 saturated heterocycles. The van der Waals surface area contributed by atoms with Crippen LogP contribution in [0.15, 0.2) is 97.2 Å². The third-order valence-electron chi connectivity index (χ3n) is 7.94. The number of rotatable bonds is 8. The summed E-state index contributed by atoms with van der Waals surface area (Å²) in [4.78, 5) is 4.89. The van der Waals surface area contributed by atoms with Gasteiger partial charge in [0.1, 0.15) is 5.75 Å². The van der Waals surface area contributed by atoms with Crippen molar-refractivity contribution in [1.29, 1.82) is 0 Å². The Morgan fingerprint density at radius 3 is 2.07 bits per heavy atom. The van der Waals surface area contributed by atoms with Crippen LogP contribution in [0.2, 0.25) is 5.02 Å². The minimum absolute atomic E-state index is 0.244. The lowest BCUT2D eigenvalue weighted by Crippen LogP contribution is -2.45. The summed E-state index contributed by atoms with van der Waals surface area (Å²) in [6.07, 6.45) is -2.69. The Labute approximate surface area is 253 Å². The molecule has 5 aromatic rings. The highest BCUT2D eigenvalue weighted by Gasteiger charge is 2.31. The van der Waals surface area contributed by atoms with E-state index in [9.17, 15) is 13.2 Å². The Balaban J connectivity index is 1.25. The fraction of sp³-hybridized carbons (Fsp3) is 0.235. The predicted molar refractivity (Wildman–Crippen MR) is 165 cm³/mol. The number of nitrogens with two attached hydrogens (primary N) is 1. The summed E-state index contributed by atoms with van der Waals surface area (Å²) in [5, 5.41) is 1.83. The third kappa shape index (κ3) is 6.89. The molecule has 0 radical (unpaired) electrons. The smallest absolute Gasteiger partial charge is 0.406 e. The topological polar surface area (TPSA) is 46.7 Å².